The Balaban J connectivity index is 1.61. The SMILES string of the molecule is CC1CCCN(C(=O)C=Cc2ccc(N3CCOCC3)cc2)C1CN. The molecule has 1 aromatic rings. The molecule has 0 radical (unpaired) electrons. The first kappa shape index (κ1) is 18.0. The van der Waals surface area contributed by atoms with Crippen LogP contribution < -0.4 is 10.6 Å². The Morgan fingerprint density at radius 1 is 1.24 bits per heavy atom. The van der Waals surface area contributed by atoms with Crippen LogP contribution in [-0.2, 0) is 9.53 Å². The highest BCUT2D eigenvalue weighted by atomic mass is 16.5. The maximum atomic E-state index is 12.6. The molecule has 25 heavy (non-hydrogen) atoms. The smallest absolute Gasteiger partial charge is 0.246 e. The van der Waals surface area contributed by atoms with E-state index in [2.05, 4.69) is 36.1 Å². The van der Waals surface area contributed by atoms with Crippen molar-refractivity contribution in [2.24, 2.45) is 11.7 Å². The van der Waals surface area contributed by atoms with Crippen LogP contribution in [0.25, 0.3) is 6.08 Å². The summed E-state index contributed by atoms with van der Waals surface area (Å²) in [4.78, 5) is 16.8. The van der Waals surface area contributed by atoms with Crippen LogP contribution >= 0.6 is 0 Å². The summed E-state index contributed by atoms with van der Waals surface area (Å²) in [5.41, 5.74) is 8.13. The molecule has 0 bridgehead atoms. The van der Waals surface area contributed by atoms with Crippen LogP contribution in [0.15, 0.2) is 30.3 Å². The van der Waals surface area contributed by atoms with E-state index >= 15 is 0 Å². The van der Waals surface area contributed by atoms with E-state index in [4.69, 9.17) is 10.5 Å². The summed E-state index contributed by atoms with van der Waals surface area (Å²) in [6.45, 7) is 6.97. The van der Waals surface area contributed by atoms with Crippen LogP contribution in [0.1, 0.15) is 25.3 Å². The quantitative estimate of drug-likeness (QED) is 0.851. The van der Waals surface area contributed by atoms with Crippen molar-refractivity contribution in [1.29, 1.82) is 0 Å². The molecule has 5 nitrogen and oxygen atoms in total. The lowest BCUT2D eigenvalue weighted by molar-refractivity contribution is -0.130. The van der Waals surface area contributed by atoms with Gasteiger partial charge in [-0.2, -0.15) is 0 Å². The van der Waals surface area contributed by atoms with Gasteiger partial charge < -0.3 is 20.3 Å². The number of hydrogen-bond acceptors (Lipinski definition) is 4. The highest BCUT2D eigenvalue weighted by Crippen LogP contribution is 2.23. The van der Waals surface area contributed by atoms with Gasteiger partial charge >= 0.3 is 0 Å². The Morgan fingerprint density at radius 3 is 2.64 bits per heavy atom. The third-order valence-corrected chi connectivity index (χ3v) is 5.33. The van der Waals surface area contributed by atoms with Crippen molar-refractivity contribution in [2.45, 2.75) is 25.8 Å². The molecule has 0 saturated carbocycles. The minimum Gasteiger partial charge on any atom is -0.378 e. The number of rotatable bonds is 4. The molecule has 0 aliphatic carbocycles. The summed E-state index contributed by atoms with van der Waals surface area (Å²) in [7, 11) is 0. The number of nitrogens with two attached hydrogens (primary N) is 1. The monoisotopic (exact) mass is 343 g/mol. The fourth-order valence-corrected chi connectivity index (χ4v) is 3.76. The lowest BCUT2D eigenvalue weighted by Gasteiger charge is -2.38. The van der Waals surface area contributed by atoms with Gasteiger partial charge in [0.05, 0.1) is 13.2 Å². The van der Waals surface area contributed by atoms with Crippen molar-refractivity contribution in [2.75, 3.05) is 44.3 Å². The molecule has 2 atom stereocenters. The fraction of sp³-hybridized carbons (Fsp3) is 0.550. The van der Waals surface area contributed by atoms with Gasteiger partial charge in [0.1, 0.15) is 0 Å². The molecule has 0 spiro atoms. The van der Waals surface area contributed by atoms with Crippen molar-refractivity contribution >= 4 is 17.7 Å². The second kappa shape index (κ2) is 8.50. The van der Waals surface area contributed by atoms with E-state index in [-0.39, 0.29) is 11.9 Å². The van der Waals surface area contributed by atoms with Crippen LogP contribution in [0.3, 0.4) is 0 Å². The molecule has 2 fully saturated rings. The van der Waals surface area contributed by atoms with Crippen LogP contribution in [0.5, 0.6) is 0 Å². The van der Waals surface area contributed by atoms with Gasteiger partial charge in [-0.25, -0.2) is 0 Å². The number of hydrogen-bond donors (Lipinski definition) is 1. The second-order valence-electron chi connectivity index (χ2n) is 6.98. The molecule has 2 heterocycles. The molecule has 2 saturated heterocycles. The number of piperidine rings is 1. The van der Waals surface area contributed by atoms with Gasteiger partial charge in [0.15, 0.2) is 0 Å². The van der Waals surface area contributed by atoms with E-state index in [9.17, 15) is 4.79 Å². The van der Waals surface area contributed by atoms with E-state index in [0.717, 1.165) is 51.3 Å². The molecule has 2 aliphatic heterocycles. The number of likely N-dealkylation sites (tertiary alicyclic amines) is 1. The fourth-order valence-electron chi connectivity index (χ4n) is 3.76. The molecule has 0 aromatic heterocycles. The maximum Gasteiger partial charge on any atom is 0.246 e. The molecule has 5 heteroatoms. The third kappa shape index (κ3) is 4.41. The lowest BCUT2D eigenvalue weighted by atomic mass is 9.90. The molecule has 2 aliphatic rings. The number of amides is 1. The van der Waals surface area contributed by atoms with E-state index in [1.807, 2.05) is 11.0 Å². The van der Waals surface area contributed by atoms with Gasteiger partial charge in [0, 0.05) is 44.0 Å². The summed E-state index contributed by atoms with van der Waals surface area (Å²) in [5.74, 6) is 0.545. The molecular weight excluding hydrogens is 314 g/mol. The predicted octanol–water partition coefficient (Wildman–Crippen LogP) is 2.12. The summed E-state index contributed by atoms with van der Waals surface area (Å²) in [6.07, 6.45) is 5.80. The van der Waals surface area contributed by atoms with Gasteiger partial charge in [0.2, 0.25) is 5.91 Å². The zero-order chi connectivity index (χ0) is 17.6. The number of carbonyl (C=O) groups is 1. The number of anilines is 1. The molecule has 2 unspecified atom stereocenters. The topological polar surface area (TPSA) is 58.8 Å². The van der Waals surface area contributed by atoms with Crippen molar-refractivity contribution in [3.63, 3.8) is 0 Å². The molecule has 3 rings (SSSR count). The van der Waals surface area contributed by atoms with Gasteiger partial charge in [-0.3, -0.25) is 4.79 Å². The summed E-state index contributed by atoms with van der Waals surface area (Å²) in [5, 5.41) is 0. The average molecular weight is 343 g/mol. The zero-order valence-electron chi connectivity index (χ0n) is 15.1. The second-order valence-corrected chi connectivity index (χ2v) is 6.98. The largest absolute Gasteiger partial charge is 0.378 e. The van der Waals surface area contributed by atoms with Gasteiger partial charge in [-0.1, -0.05) is 19.1 Å². The van der Waals surface area contributed by atoms with E-state index in [1.54, 1.807) is 6.08 Å². The number of ether oxygens (including phenoxy) is 1. The Morgan fingerprint density at radius 2 is 1.96 bits per heavy atom. The first-order valence-electron chi connectivity index (χ1n) is 9.30. The maximum absolute atomic E-state index is 12.6. The lowest BCUT2D eigenvalue weighted by Crippen LogP contribution is -2.50. The first-order chi connectivity index (χ1) is 12.2. The molecule has 2 N–H and O–H groups in total. The standard InChI is InChI=1S/C20H29N3O2/c1-16-3-2-10-23(19(16)15-21)20(24)9-6-17-4-7-18(8-5-17)22-11-13-25-14-12-22/h4-9,16,19H,2-3,10-15,21H2,1H3. The van der Waals surface area contributed by atoms with Gasteiger partial charge in [-0.15, -0.1) is 0 Å². The molecule has 1 amide bonds. The van der Waals surface area contributed by atoms with Crippen LogP contribution in [-0.4, -0.2) is 56.2 Å². The highest BCUT2D eigenvalue weighted by Gasteiger charge is 2.29. The molecule has 136 valence electrons. The Bertz CT molecular complexity index is 593. The van der Waals surface area contributed by atoms with Crippen molar-refractivity contribution < 1.29 is 9.53 Å². The van der Waals surface area contributed by atoms with E-state index < -0.39 is 0 Å². The Hall–Kier alpha value is -1.85. The summed E-state index contributed by atoms with van der Waals surface area (Å²) in [6, 6.07) is 8.51. The summed E-state index contributed by atoms with van der Waals surface area (Å²) >= 11 is 0. The predicted molar refractivity (Wildman–Crippen MR) is 101 cm³/mol. The molecular formula is C20H29N3O2. The normalized spacial score (nSPS) is 24.7. The van der Waals surface area contributed by atoms with Crippen molar-refractivity contribution in [3.8, 4) is 0 Å². The van der Waals surface area contributed by atoms with Crippen molar-refractivity contribution in [1.82, 2.24) is 4.90 Å². The zero-order valence-corrected chi connectivity index (χ0v) is 15.1. The van der Waals surface area contributed by atoms with E-state index in [1.165, 1.54) is 5.69 Å². The Labute approximate surface area is 150 Å². The first-order valence-corrected chi connectivity index (χ1v) is 9.30. The van der Waals surface area contributed by atoms with Crippen LogP contribution in [0.2, 0.25) is 0 Å². The number of carbonyl (C=O) groups excluding carboxylic acids is 1. The average Bonchev–Trinajstić information content (AvgIpc) is 2.67. The number of nitrogens with zero attached hydrogens (tertiary/aromatic N) is 2. The summed E-state index contributed by atoms with van der Waals surface area (Å²) < 4.78 is 5.39. The highest BCUT2D eigenvalue weighted by molar-refractivity contribution is 5.92. The van der Waals surface area contributed by atoms with Crippen LogP contribution in [0, 0.1) is 5.92 Å². The third-order valence-electron chi connectivity index (χ3n) is 5.33. The van der Waals surface area contributed by atoms with Crippen molar-refractivity contribution in [3.05, 3.63) is 35.9 Å². The van der Waals surface area contributed by atoms with Gasteiger partial charge in [-0.05, 0) is 42.5 Å². The molecule has 1 aromatic carbocycles. The van der Waals surface area contributed by atoms with Crippen LogP contribution in [0.4, 0.5) is 5.69 Å². The van der Waals surface area contributed by atoms with Gasteiger partial charge in [0.25, 0.3) is 0 Å². The minimum absolute atomic E-state index is 0.0688. The minimum atomic E-state index is 0.0688. The number of morpholine rings is 1. The van der Waals surface area contributed by atoms with E-state index in [0.29, 0.717) is 12.5 Å². The Kier molecular flexibility index (Phi) is 6.10. The number of benzene rings is 1.